The highest BCUT2D eigenvalue weighted by Gasteiger charge is 2.17. The van der Waals surface area contributed by atoms with Crippen molar-refractivity contribution in [2.75, 3.05) is 33.4 Å². The minimum Gasteiger partial charge on any atom is -0.481 e. The van der Waals surface area contributed by atoms with Crippen LogP contribution in [0.1, 0.15) is 26.2 Å². The maximum atomic E-state index is 11.6. The number of nitrogens with zero attached hydrogens (tertiary/aromatic N) is 1. The topological polar surface area (TPSA) is 95.9 Å². The Balaban J connectivity index is 3.81. The fourth-order valence-electron chi connectivity index (χ4n) is 1.11. The number of carboxylic acid groups (broad SMARTS) is 1. The molecular formula is C10H22N2O5S. The predicted molar refractivity (Wildman–Crippen MR) is 67.5 cm³/mol. The van der Waals surface area contributed by atoms with Gasteiger partial charge in [-0.05, 0) is 12.8 Å². The van der Waals surface area contributed by atoms with E-state index in [0.717, 1.165) is 10.7 Å². The van der Waals surface area contributed by atoms with Crippen LogP contribution in [-0.2, 0) is 19.7 Å². The number of ether oxygens (including phenoxy) is 1. The summed E-state index contributed by atoms with van der Waals surface area (Å²) in [5.74, 6) is -1.02. The van der Waals surface area contributed by atoms with Gasteiger partial charge in [-0.2, -0.15) is 12.7 Å². The third-order valence-electron chi connectivity index (χ3n) is 2.15. The van der Waals surface area contributed by atoms with E-state index < -0.39 is 16.2 Å². The summed E-state index contributed by atoms with van der Waals surface area (Å²) < 4.78 is 31.8. The first-order valence-electron chi connectivity index (χ1n) is 5.90. The van der Waals surface area contributed by atoms with Crippen molar-refractivity contribution in [3.8, 4) is 0 Å². The van der Waals surface area contributed by atoms with Gasteiger partial charge in [0.1, 0.15) is 0 Å². The van der Waals surface area contributed by atoms with Crippen molar-refractivity contribution in [2.45, 2.75) is 26.2 Å². The zero-order chi connectivity index (χ0) is 14.0. The molecule has 108 valence electrons. The number of rotatable bonds is 11. The maximum Gasteiger partial charge on any atom is 0.304 e. The van der Waals surface area contributed by atoms with Gasteiger partial charge in [0.05, 0.1) is 6.42 Å². The van der Waals surface area contributed by atoms with Gasteiger partial charge in [0.2, 0.25) is 0 Å². The summed E-state index contributed by atoms with van der Waals surface area (Å²) in [5, 5.41) is 8.47. The molecule has 0 amide bonds. The SMILES string of the molecule is CCCOCCCNS(=O)(=O)N(C)CCC(=O)O. The second kappa shape index (κ2) is 9.26. The van der Waals surface area contributed by atoms with Crippen LogP contribution in [0, 0.1) is 0 Å². The molecule has 0 aliphatic rings. The van der Waals surface area contributed by atoms with Crippen molar-refractivity contribution < 1.29 is 23.1 Å². The number of nitrogens with one attached hydrogen (secondary N) is 1. The molecule has 0 aromatic carbocycles. The van der Waals surface area contributed by atoms with Crippen LogP contribution in [0.2, 0.25) is 0 Å². The van der Waals surface area contributed by atoms with Crippen molar-refractivity contribution in [3.63, 3.8) is 0 Å². The van der Waals surface area contributed by atoms with E-state index >= 15 is 0 Å². The molecule has 0 fully saturated rings. The Labute approximate surface area is 108 Å². The summed E-state index contributed by atoms with van der Waals surface area (Å²) in [6.45, 7) is 3.42. The van der Waals surface area contributed by atoms with Crippen LogP contribution in [0.4, 0.5) is 0 Å². The Bertz CT molecular complexity index is 331. The van der Waals surface area contributed by atoms with Crippen LogP contribution >= 0.6 is 0 Å². The summed E-state index contributed by atoms with van der Waals surface area (Å²) in [6, 6.07) is 0. The van der Waals surface area contributed by atoms with Crippen molar-refractivity contribution in [1.82, 2.24) is 9.03 Å². The van der Waals surface area contributed by atoms with Gasteiger partial charge in [-0.3, -0.25) is 4.79 Å². The Hall–Kier alpha value is -0.700. The van der Waals surface area contributed by atoms with Gasteiger partial charge in [0, 0.05) is 33.4 Å². The molecule has 2 N–H and O–H groups in total. The Morgan fingerprint density at radius 3 is 2.61 bits per heavy atom. The third kappa shape index (κ3) is 8.40. The van der Waals surface area contributed by atoms with Crippen molar-refractivity contribution in [2.24, 2.45) is 0 Å². The van der Waals surface area contributed by atoms with Gasteiger partial charge in [-0.1, -0.05) is 6.92 Å². The van der Waals surface area contributed by atoms with Gasteiger partial charge in [0.15, 0.2) is 0 Å². The largest absolute Gasteiger partial charge is 0.481 e. The van der Waals surface area contributed by atoms with Crippen LogP contribution in [0.3, 0.4) is 0 Å². The monoisotopic (exact) mass is 282 g/mol. The van der Waals surface area contributed by atoms with Gasteiger partial charge < -0.3 is 9.84 Å². The molecule has 7 nitrogen and oxygen atoms in total. The summed E-state index contributed by atoms with van der Waals surface area (Å²) in [6.07, 6.45) is 1.31. The molecule has 0 heterocycles. The first-order chi connectivity index (χ1) is 8.40. The van der Waals surface area contributed by atoms with Gasteiger partial charge >= 0.3 is 5.97 Å². The number of aliphatic carboxylic acids is 1. The minimum absolute atomic E-state index is 0.0446. The summed E-state index contributed by atoms with van der Waals surface area (Å²) in [4.78, 5) is 10.3. The molecule has 0 rings (SSSR count). The van der Waals surface area contributed by atoms with E-state index in [1.54, 1.807) is 0 Å². The lowest BCUT2D eigenvalue weighted by atomic mass is 10.4. The highest BCUT2D eigenvalue weighted by molar-refractivity contribution is 7.87. The average molecular weight is 282 g/mol. The quantitative estimate of drug-likeness (QED) is 0.522. The molecule has 0 radical (unpaired) electrons. The molecule has 0 spiro atoms. The minimum atomic E-state index is -3.58. The number of carboxylic acids is 1. The van der Waals surface area contributed by atoms with Crippen molar-refractivity contribution in [3.05, 3.63) is 0 Å². The normalized spacial score (nSPS) is 11.9. The van der Waals surface area contributed by atoms with E-state index in [1.165, 1.54) is 7.05 Å². The second-order valence-corrected chi connectivity index (χ2v) is 5.69. The number of hydrogen-bond donors (Lipinski definition) is 2. The van der Waals surface area contributed by atoms with Crippen LogP contribution in [-0.4, -0.2) is 57.1 Å². The zero-order valence-corrected chi connectivity index (χ0v) is 11.7. The molecule has 0 aliphatic heterocycles. The maximum absolute atomic E-state index is 11.6. The summed E-state index contributed by atoms with van der Waals surface area (Å²) >= 11 is 0. The molecule has 0 saturated carbocycles. The predicted octanol–water partition coefficient (Wildman–Crippen LogP) is 0.0440. The molecule has 8 heteroatoms. The lowest BCUT2D eigenvalue weighted by molar-refractivity contribution is -0.137. The lowest BCUT2D eigenvalue weighted by Crippen LogP contribution is -2.39. The number of carbonyl (C=O) groups is 1. The van der Waals surface area contributed by atoms with E-state index in [2.05, 4.69) is 4.72 Å². The molecule has 0 aromatic heterocycles. The van der Waals surface area contributed by atoms with Crippen LogP contribution in [0.5, 0.6) is 0 Å². The average Bonchev–Trinajstić information content (AvgIpc) is 2.30. The fourth-order valence-corrected chi connectivity index (χ4v) is 2.06. The highest BCUT2D eigenvalue weighted by Crippen LogP contribution is 1.96. The van der Waals surface area contributed by atoms with E-state index in [0.29, 0.717) is 19.6 Å². The van der Waals surface area contributed by atoms with Crippen LogP contribution < -0.4 is 4.72 Å². The first kappa shape index (κ1) is 17.3. The van der Waals surface area contributed by atoms with Crippen LogP contribution in [0.15, 0.2) is 0 Å². The highest BCUT2D eigenvalue weighted by atomic mass is 32.2. The third-order valence-corrected chi connectivity index (χ3v) is 3.72. The molecule has 0 atom stereocenters. The molecule has 0 unspecified atom stereocenters. The van der Waals surface area contributed by atoms with Gasteiger partial charge in [0.25, 0.3) is 10.2 Å². The smallest absolute Gasteiger partial charge is 0.304 e. The molecule has 0 aromatic rings. The standard InChI is InChI=1S/C10H22N2O5S/c1-3-8-17-9-4-6-11-18(15,16)12(2)7-5-10(13)14/h11H,3-9H2,1-2H3,(H,13,14). The van der Waals surface area contributed by atoms with E-state index in [-0.39, 0.29) is 19.5 Å². The Morgan fingerprint density at radius 1 is 1.39 bits per heavy atom. The summed E-state index contributed by atoms with van der Waals surface area (Å²) in [5.41, 5.74) is 0. The van der Waals surface area contributed by atoms with E-state index in [9.17, 15) is 13.2 Å². The van der Waals surface area contributed by atoms with Crippen molar-refractivity contribution >= 4 is 16.2 Å². The molecule has 0 aliphatic carbocycles. The summed E-state index contributed by atoms with van der Waals surface area (Å²) in [7, 11) is -2.24. The van der Waals surface area contributed by atoms with Crippen LogP contribution in [0.25, 0.3) is 0 Å². The second-order valence-electron chi connectivity index (χ2n) is 3.83. The number of hydrogen-bond acceptors (Lipinski definition) is 4. The zero-order valence-electron chi connectivity index (χ0n) is 10.9. The first-order valence-corrected chi connectivity index (χ1v) is 7.34. The Morgan fingerprint density at radius 2 is 2.06 bits per heavy atom. The molecule has 0 bridgehead atoms. The fraction of sp³-hybridized carbons (Fsp3) is 0.900. The molecule has 18 heavy (non-hydrogen) atoms. The molecule has 0 saturated heterocycles. The lowest BCUT2D eigenvalue weighted by Gasteiger charge is -2.16. The Kier molecular flexibility index (Phi) is 8.90. The van der Waals surface area contributed by atoms with E-state index in [1.807, 2.05) is 6.92 Å². The molecular weight excluding hydrogens is 260 g/mol. The van der Waals surface area contributed by atoms with E-state index in [4.69, 9.17) is 9.84 Å². The van der Waals surface area contributed by atoms with Gasteiger partial charge in [-0.25, -0.2) is 4.72 Å². The van der Waals surface area contributed by atoms with Crippen molar-refractivity contribution in [1.29, 1.82) is 0 Å². The van der Waals surface area contributed by atoms with Gasteiger partial charge in [-0.15, -0.1) is 0 Å².